The lowest BCUT2D eigenvalue weighted by molar-refractivity contribution is 0.212. The van der Waals surface area contributed by atoms with Crippen LogP contribution in [-0.4, -0.2) is 31.4 Å². The van der Waals surface area contributed by atoms with Crippen LogP contribution in [0.1, 0.15) is 12.0 Å². The Kier molecular flexibility index (Phi) is 3.64. The van der Waals surface area contributed by atoms with Gasteiger partial charge in [-0.25, -0.2) is 0 Å². The van der Waals surface area contributed by atoms with Crippen molar-refractivity contribution < 1.29 is 14.6 Å². The van der Waals surface area contributed by atoms with E-state index in [1.807, 2.05) is 12.1 Å². The molecule has 0 aromatic heterocycles. The van der Waals surface area contributed by atoms with Crippen LogP contribution in [0.15, 0.2) is 18.2 Å². The van der Waals surface area contributed by atoms with E-state index in [1.54, 1.807) is 13.2 Å². The van der Waals surface area contributed by atoms with Crippen molar-refractivity contribution in [1.82, 2.24) is 5.32 Å². The molecule has 1 saturated heterocycles. The summed E-state index contributed by atoms with van der Waals surface area (Å²) in [5, 5.41) is 12.3. The maximum Gasteiger partial charge on any atom is 0.161 e. The zero-order valence-electron chi connectivity index (χ0n) is 9.40. The number of aliphatic hydroxyl groups excluding tert-OH is 1. The van der Waals surface area contributed by atoms with Crippen LogP contribution >= 0.6 is 0 Å². The number of benzene rings is 1. The van der Waals surface area contributed by atoms with Crippen LogP contribution in [0.5, 0.6) is 11.5 Å². The quantitative estimate of drug-likeness (QED) is 0.797. The van der Waals surface area contributed by atoms with Crippen molar-refractivity contribution in [3.05, 3.63) is 23.8 Å². The van der Waals surface area contributed by atoms with Crippen LogP contribution in [0.4, 0.5) is 0 Å². The van der Waals surface area contributed by atoms with E-state index in [0.29, 0.717) is 5.75 Å². The molecule has 1 aliphatic heterocycles. The van der Waals surface area contributed by atoms with Gasteiger partial charge in [-0.2, -0.15) is 0 Å². The van der Waals surface area contributed by atoms with Gasteiger partial charge in [-0.3, -0.25) is 0 Å². The molecule has 88 valence electrons. The van der Waals surface area contributed by atoms with E-state index < -0.39 is 0 Å². The minimum atomic E-state index is 0.0155. The highest BCUT2D eigenvalue weighted by Crippen LogP contribution is 2.29. The van der Waals surface area contributed by atoms with E-state index in [-0.39, 0.29) is 12.7 Å². The highest BCUT2D eigenvalue weighted by molar-refractivity contribution is 5.43. The normalized spacial score (nSPS) is 19.8. The Morgan fingerprint density at radius 3 is 2.94 bits per heavy atom. The lowest BCUT2D eigenvalue weighted by Gasteiger charge is -2.15. The number of hydrogen-bond donors (Lipinski definition) is 2. The summed E-state index contributed by atoms with van der Waals surface area (Å²) >= 11 is 0. The molecule has 2 N–H and O–H groups in total. The summed E-state index contributed by atoms with van der Waals surface area (Å²) in [5.74, 6) is 1.42. The van der Waals surface area contributed by atoms with Crippen LogP contribution in [0, 0.1) is 0 Å². The number of aliphatic hydroxyl groups is 1. The van der Waals surface area contributed by atoms with E-state index in [2.05, 4.69) is 5.32 Å². The van der Waals surface area contributed by atoms with Crippen LogP contribution < -0.4 is 14.8 Å². The van der Waals surface area contributed by atoms with Gasteiger partial charge in [0.1, 0.15) is 6.10 Å². The van der Waals surface area contributed by atoms with Crippen molar-refractivity contribution in [1.29, 1.82) is 0 Å². The molecule has 1 aromatic carbocycles. The first-order valence-corrected chi connectivity index (χ1v) is 5.48. The van der Waals surface area contributed by atoms with E-state index in [1.165, 1.54) is 0 Å². The van der Waals surface area contributed by atoms with Gasteiger partial charge in [0.2, 0.25) is 0 Å². The Morgan fingerprint density at radius 2 is 2.31 bits per heavy atom. The van der Waals surface area contributed by atoms with Crippen LogP contribution in [0.25, 0.3) is 0 Å². The van der Waals surface area contributed by atoms with Crippen LogP contribution in [0.3, 0.4) is 0 Å². The minimum Gasteiger partial charge on any atom is -0.493 e. The smallest absolute Gasteiger partial charge is 0.161 e. The third-order valence-corrected chi connectivity index (χ3v) is 2.72. The Balaban J connectivity index is 2.12. The van der Waals surface area contributed by atoms with Crippen LogP contribution in [-0.2, 0) is 6.61 Å². The summed E-state index contributed by atoms with van der Waals surface area (Å²) < 4.78 is 11.1. The molecule has 0 radical (unpaired) electrons. The Bertz CT molecular complexity index is 348. The van der Waals surface area contributed by atoms with Crippen molar-refractivity contribution in [3.8, 4) is 11.5 Å². The van der Waals surface area contributed by atoms with E-state index >= 15 is 0 Å². The standard InChI is InChI=1S/C12H17NO3/c1-15-12-6-9(8-14)2-3-11(12)16-10-4-5-13-7-10/h2-3,6,10,13-14H,4-5,7-8H2,1H3/t10-/m1/s1. The number of rotatable bonds is 4. The molecule has 2 rings (SSSR count). The average Bonchev–Trinajstić information content (AvgIpc) is 2.82. The van der Waals surface area contributed by atoms with Gasteiger partial charge in [-0.05, 0) is 30.7 Å². The molecule has 0 aliphatic carbocycles. The second kappa shape index (κ2) is 5.18. The van der Waals surface area contributed by atoms with Gasteiger partial charge in [-0.1, -0.05) is 6.07 Å². The highest BCUT2D eigenvalue weighted by atomic mass is 16.5. The van der Waals surface area contributed by atoms with E-state index in [9.17, 15) is 0 Å². The lowest BCUT2D eigenvalue weighted by Crippen LogP contribution is -2.19. The summed E-state index contributed by atoms with van der Waals surface area (Å²) in [4.78, 5) is 0. The van der Waals surface area contributed by atoms with Crippen molar-refractivity contribution in [2.24, 2.45) is 0 Å². The average molecular weight is 223 g/mol. The molecule has 16 heavy (non-hydrogen) atoms. The highest BCUT2D eigenvalue weighted by Gasteiger charge is 2.17. The predicted octanol–water partition coefficient (Wildman–Crippen LogP) is 0.928. The van der Waals surface area contributed by atoms with Gasteiger partial charge in [0, 0.05) is 6.54 Å². The SMILES string of the molecule is COc1cc(CO)ccc1O[C@@H]1CCNC1. The molecule has 1 atom stereocenters. The van der Waals surface area contributed by atoms with Gasteiger partial charge >= 0.3 is 0 Å². The Labute approximate surface area is 95.2 Å². The third kappa shape index (κ3) is 2.46. The van der Waals surface area contributed by atoms with Crippen molar-refractivity contribution in [3.63, 3.8) is 0 Å². The molecule has 0 spiro atoms. The van der Waals surface area contributed by atoms with Gasteiger partial charge in [0.25, 0.3) is 0 Å². The van der Waals surface area contributed by atoms with Gasteiger partial charge in [0.15, 0.2) is 11.5 Å². The maximum atomic E-state index is 9.03. The van der Waals surface area contributed by atoms with E-state index in [0.717, 1.165) is 30.8 Å². The molecule has 1 aliphatic rings. The molecule has 0 bridgehead atoms. The molecule has 0 unspecified atom stereocenters. The Morgan fingerprint density at radius 1 is 1.44 bits per heavy atom. The summed E-state index contributed by atoms with van der Waals surface area (Å²) in [6, 6.07) is 5.50. The Hall–Kier alpha value is -1.26. The maximum absolute atomic E-state index is 9.03. The predicted molar refractivity (Wildman–Crippen MR) is 60.8 cm³/mol. The molecule has 0 saturated carbocycles. The second-order valence-electron chi connectivity index (χ2n) is 3.88. The summed E-state index contributed by atoms with van der Waals surface area (Å²) in [6.45, 7) is 1.90. The van der Waals surface area contributed by atoms with Crippen molar-refractivity contribution in [2.45, 2.75) is 19.1 Å². The van der Waals surface area contributed by atoms with Gasteiger partial charge in [-0.15, -0.1) is 0 Å². The number of methoxy groups -OCH3 is 1. The molecule has 1 heterocycles. The molecule has 4 nitrogen and oxygen atoms in total. The molecule has 0 amide bonds. The number of ether oxygens (including phenoxy) is 2. The first-order valence-electron chi connectivity index (χ1n) is 5.48. The molecular formula is C12H17NO3. The largest absolute Gasteiger partial charge is 0.493 e. The fourth-order valence-electron chi connectivity index (χ4n) is 1.82. The molecule has 1 fully saturated rings. The third-order valence-electron chi connectivity index (χ3n) is 2.72. The number of nitrogens with one attached hydrogen (secondary N) is 1. The van der Waals surface area contributed by atoms with Gasteiger partial charge < -0.3 is 19.9 Å². The topological polar surface area (TPSA) is 50.7 Å². The zero-order chi connectivity index (χ0) is 11.4. The fourth-order valence-corrected chi connectivity index (χ4v) is 1.82. The minimum absolute atomic E-state index is 0.0155. The van der Waals surface area contributed by atoms with Crippen LogP contribution in [0.2, 0.25) is 0 Å². The first-order chi connectivity index (χ1) is 7.83. The summed E-state index contributed by atoms with van der Waals surface area (Å²) in [6.07, 6.45) is 1.24. The zero-order valence-corrected chi connectivity index (χ0v) is 9.40. The summed E-state index contributed by atoms with van der Waals surface area (Å²) in [7, 11) is 1.61. The number of hydrogen-bond acceptors (Lipinski definition) is 4. The molecule has 4 heteroatoms. The molecular weight excluding hydrogens is 206 g/mol. The van der Waals surface area contributed by atoms with Crippen molar-refractivity contribution >= 4 is 0 Å². The first kappa shape index (κ1) is 11.2. The summed E-state index contributed by atoms with van der Waals surface area (Å²) in [5.41, 5.74) is 0.828. The molecule has 1 aromatic rings. The van der Waals surface area contributed by atoms with Gasteiger partial charge in [0.05, 0.1) is 13.7 Å². The second-order valence-corrected chi connectivity index (χ2v) is 3.88. The lowest BCUT2D eigenvalue weighted by atomic mass is 10.2. The fraction of sp³-hybridized carbons (Fsp3) is 0.500. The van der Waals surface area contributed by atoms with Crippen molar-refractivity contribution in [2.75, 3.05) is 20.2 Å². The van der Waals surface area contributed by atoms with E-state index in [4.69, 9.17) is 14.6 Å². The monoisotopic (exact) mass is 223 g/mol.